The number of azide groups is 2. The SMILES string of the molecule is C=C1C=CN([C@@H]2O[C@@H]3CO[P@](=O)(OC(C)C)O[C@H]3[C@@]2(C)N=[N+]=[N-])C(=O)C1.CC(C)O[P@]1(=O)OC[C@H]2O[C@@H](N3C=CC(=O)CC3=O)[C@](C)(N=[N+]=[N-])[C@@H]2O1. The summed E-state index contributed by atoms with van der Waals surface area (Å²) in [7, 11) is -7.71. The van der Waals surface area contributed by atoms with Crippen molar-refractivity contribution in [2.45, 2.75) is 115 Å². The molecule has 0 spiro atoms. The highest BCUT2D eigenvalue weighted by Crippen LogP contribution is 2.60. The summed E-state index contributed by atoms with van der Waals surface area (Å²) in [5.74, 6) is -1.08. The molecule has 284 valence electrons. The maximum absolute atomic E-state index is 12.7. The summed E-state index contributed by atoms with van der Waals surface area (Å²) < 4.78 is 69.3. The van der Waals surface area contributed by atoms with Crippen molar-refractivity contribution >= 4 is 33.2 Å². The van der Waals surface area contributed by atoms with Crippen LogP contribution < -0.4 is 0 Å². The molecule has 52 heavy (non-hydrogen) atoms. The lowest BCUT2D eigenvalue weighted by molar-refractivity contribution is -0.147. The van der Waals surface area contributed by atoms with Gasteiger partial charge in [0.1, 0.15) is 35.5 Å². The molecule has 0 aliphatic carbocycles. The highest BCUT2D eigenvalue weighted by Gasteiger charge is 2.63. The first-order valence-corrected chi connectivity index (χ1v) is 19.1. The van der Waals surface area contributed by atoms with E-state index in [0.717, 1.165) is 0 Å². The van der Waals surface area contributed by atoms with Gasteiger partial charge >= 0.3 is 15.6 Å². The molecule has 10 atom stereocenters. The number of carbonyl (C=O) groups excluding carboxylic acids is 3. The van der Waals surface area contributed by atoms with Crippen LogP contribution in [0.3, 0.4) is 0 Å². The number of hydrogen-bond donors (Lipinski definition) is 0. The maximum atomic E-state index is 12.7. The third kappa shape index (κ3) is 7.92. The van der Waals surface area contributed by atoms with Crippen LogP contribution in [0, 0.1) is 0 Å². The van der Waals surface area contributed by atoms with Crippen LogP contribution in [0.25, 0.3) is 20.9 Å². The van der Waals surface area contributed by atoms with Crippen molar-refractivity contribution in [3.8, 4) is 0 Å². The van der Waals surface area contributed by atoms with Crippen molar-refractivity contribution in [1.82, 2.24) is 9.80 Å². The molecule has 6 rings (SSSR count). The largest absolute Gasteiger partial charge is 0.475 e. The predicted molar refractivity (Wildman–Crippen MR) is 177 cm³/mol. The topological polar surface area (TPSA) is 263 Å². The molecule has 0 aromatic heterocycles. The zero-order chi connectivity index (χ0) is 38.2. The minimum Gasteiger partial charge on any atom is -0.349 e. The number of ether oxygens (including phenoxy) is 2. The molecule has 23 heteroatoms. The molecule has 0 bridgehead atoms. The zero-order valence-electron chi connectivity index (χ0n) is 29.2. The number of amides is 2. The van der Waals surface area contributed by atoms with E-state index < -0.39 is 75.6 Å². The Morgan fingerprint density at radius 2 is 1.23 bits per heavy atom. The van der Waals surface area contributed by atoms with Gasteiger partial charge in [0.15, 0.2) is 18.2 Å². The summed E-state index contributed by atoms with van der Waals surface area (Å²) in [4.78, 5) is 44.3. The quantitative estimate of drug-likeness (QED) is 0.103. The molecule has 0 saturated carbocycles. The van der Waals surface area contributed by atoms with Gasteiger partial charge in [-0.05, 0) is 70.3 Å². The Hall–Kier alpha value is -3.41. The second kappa shape index (κ2) is 15.1. The van der Waals surface area contributed by atoms with Crippen LogP contribution in [0.15, 0.2) is 46.9 Å². The molecule has 0 aromatic rings. The first kappa shape index (κ1) is 39.8. The molecule has 0 N–H and O–H groups in total. The van der Waals surface area contributed by atoms with Gasteiger partial charge in [-0.1, -0.05) is 16.8 Å². The van der Waals surface area contributed by atoms with Gasteiger partial charge in [-0.2, -0.15) is 0 Å². The van der Waals surface area contributed by atoms with Crippen LogP contribution >= 0.6 is 15.6 Å². The fourth-order valence-corrected chi connectivity index (χ4v) is 9.65. The van der Waals surface area contributed by atoms with Crippen molar-refractivity contribution in [3.63, 3.8) is 0 Å². The maximum Gasteiger partial charge on any atom is 0.475 e. The normalized spacial score (nSPS) is 39.8. The molecule has 6 aliphatic rings. The van der Waals surface area contributed by atoms with Crippen molar-refractivity contribution in [2.75, 3.05) is 13.2 Å². The lowest BCUT2D eigenvalue weighted by Gasteiger charge is -2.38. The standard InChI is InChI=1S/C15H21N4O6P.C14H19N4O7P/c1-9(2)24-26(21)22-8-11-13(25-26)15(4,17-18-16)14(23-11)19-6-5-10(3)7-12(19)20;1-8(2)24-26(21)22-7-10-12(25-26)14(3,16-17-15)13(23-10)18-5-4-9(19)6-11(18)20/h5-6,9,11,13-14H,3,7-8H2,1-2,4H3;4-5,8,10,12-13H,6-7H2,1-3H3/t11-,13-,14-,15-,26-;10-,12-,13-,14-,26+/m11/s1. The predicted octanol–water partition coefficient (Wildman–Crippen LogP) is 5.07. The monoisotopic (exact) mass is 770 g/mol. The average molecular weight is 771 g/mol. The van der Waals surface area contributed by atoms with E-state index in [-0.39, 0.29) is 43.8 Å². The van der Waals surface area contributed by atoms with Gasteiger partial charge in [0.25, 0.3) is 0 Å². The molecule has 6 heterocycles. The summed E-state index contributed by atoms with van der Waals surface area (Å²) in [6.45, 7) is 13.4. The van der Waals surface area contributed by atoms with Crippen molar-refractivity contribution < 1.29 is 60.1 Å². The highest BCUT2D eigenvalue weighted by molar-refractivity contribution is 7.48. The Balaban J connectivity index is 0.000000201. The van der Waals surface area contributed by atoms with Crippen LogP contribution in [0.1, 0.15) is 54.4 Å². The minimum atomic E-state index is -3.87. The minimum absolute atomic E-state index is 0.0693. The zero-order valence-corrected chi connectivity index (χ0v) is 31.0. The van der Waals surface area contributed by atoms with Crippen LogP contribution in [-0.2, 0) is 60.1 Å². The van der Waals surface area contributed by atoms with Crippen LogP contribution in [0.2, 0.25) is 0 Å². The van der Waals surface area contributed by atoms with Crippen molar-refractivity contribution in [2.24, 2.45) is 10.2 Å². The van der Waals surface area contributed by atoms with Gasteiger partial charge in [0.05, 0.1) is 38.3 Å². The second-order valence-corrected chi connectivity index (χ2v) is 16.6. The molecule has 21 nitrogen and oxygen atoms in total. The Morgan fingerprint density at radius 3 is 1.62 bits per heavy atom. The molecule has 0 aromatic carbocycles. The molecule has 0 radical (unpaired) electrons. The highest BCUT2D eigenvalue weighted by atomic mass is 31.2. The number of hydrogen-bond acceptors (Lipinski definition) is 15. The summed E-state index contributed by atoms with van der Waals surface area (Å²) in [5, 5.41) is 7.62. The molecule has 4 fully saturated rings. The number of carbonyl (C=O) groups is 3. The number of rotatable bonds is 8. The van der Waals surface area contributed by atoms with E-state index in [9.17, 15) is 23.5 Å². The van der Waals surface area contributed by atoms with Gasteiger partial charge in [0.2, 0.25) is 11.8 Å². The Morgan fingerprint density at radius 1 is 0.808 bits per heavy atom. The smallest absolute Gasteiger partial charge is 0.349 e. The van der Waals surface area contributed by atoms with E-state index in [0.29, 0.717) is 5.57 Å². The van der Waals surface area contributed by atoms with E-state index in [4.69, 9.17) is 47.7 Å². The molecular formula is C29H40N8O13P2. The molecule has 4 saturated heterocycles. The first-order chi connectivity index (χ1) is 24.4. The molecule has 6 aliphatic heterocycles. The van der Waals surface area contributed by atoms with E-state index in [2.05, 4.69) is 26.6 Å². The fraction of sp³-hybridized carbons (Fsp3) is 0.690. The molecule has 2 amide bonds. The van der Waals surface area contributed by atoms with Gasteiger partial charge in [-0.25, -0.2) is 9.13 Å². The third-order valence-electron chi connectivity index (χ3n) is 8.59. The van der Waals surface area contributed by atoms with Crippen LogP contribution in [-0.4, -0.2) is 101 Å². The summed E-state index contributed by atoms with van der Waals surface area (Å²) in [6, 6.07) is 0. The number of phosphoric acid groups is 2. The molecule has 0 unspecified atom stereocenters. The number of ketones is 1. The lowest BCUT2D eigenvalue weighted by atomic mass is 9.92. The Bertz CT molecular complexity index is 1620. The Labute approximate surface area is 298 Å². The van der Waals surface area contributed by atoms with Crippen LogP contribution in [0.4, 0.5) is 0 Å². The van der Waals surface area contributed by atoms with E-state index in [1.54, 1.807) is 40.7 Å². The van der Waals surface area contributed by atoms with E-state index >= 15 is 0 Å². The van der Waals surface area contributed by atoms with Crippen molar-refractivity contribution in [1.29, 1.82) is 0 Å². The third-order valence-corrected chi connectivity index (χ3v) is 11.9. The van der Waals surface area contributed by atoms with Crippen molar-refractivity contribution in [3.05, 3.63) is 57.6 Å². The number of allylic oxidation sites excluding steroid dienone is 2. The number of nitrogens with zero attached hydrogens (tertiary/aromatic N) is 8. The van der Waals surface area contributed by atoms with E-state index in [1.165, 1.54) is 35.2 Å². The molecular weight excluding hydrogens is 730 g/mol. The fourth-order valence-electron chi connectivity index (χ4n) is 6.36. The number of fused-ring (bicyclic) bond motifs is 2. The van der Waals surface area contributed by atoms with E-state index in [1.807, 2.05) is 0 Å². The van der Waals surface area contributed by atoms with Gasteiger partial charge < -0.3 is 9.47 Å². The van der Waals surface area contributed by atoms with Gasteiger partial charge in [-0.15, -0.1) is 0 Å². The van der Waals surface area contributed by atoms with Gasteiger partial charge in [0, 0.05) is 22.2 Å². The first-order valence-electron chi connectivity index (χ1n) is 16.2. The Kier molecular flexibility index (Phi) is 11.6. The summed E-state index contributed by atoms with van der Waals surface area (Å²) in [5.41, 5.74) is 16.0. The summed E-state index contributed by atoms with van der Waals surface area (Å²) >= 11 is 0. The second-order valence-electron chi connectivity index (χ2n) is 13.4. The average Bonchev–Trinajstić information content (AvgIpc) is 3.46. The number of phosphoric ester groups is 2. The lowest BCUT2D eigenvalue weighted by Crippen LogP contribution is -2.53. The van der Waals surface area contributed by atoms with Crippen LogP contribution in [0.5, 0.6) is 0 Å². The summed E-state index contributed by atoms with van der Waals surface area (Å²) in [6.07, 6.45) is -0.467. The van der Waals surface area contributed by atoms with Gasteiger partial charge in [-0.3, -0.25) is 51.3 Å².